The van der Waals surface area contributed by atoms with Crippen molar-refractivity contribution >= 4 is 5.97 Å². The van der Waals surface area contributed by atoms with Gasteiger partial charge in [-0.25, -0.2) is 4.79 Å². The van der Waals surface area contributed by atoms with Crippen LogP contribution in [0.5, 0.6) is 0 Å². The molecule has 0 aromatic rings. The molecule has 2 aliphatic heterocycles. The Labute approximate surface area is 107 Å². The topological polar surface area (TPSA) is 70.0 Å². The molecule has 102 valence electrons. The summed E-state index contributed by atoms with van der Waals surface area (Å²) in [6, 6.07) is 0.198. The molecule has 2 heterocycles. The van der Waals surface area contributed by atoms with E-state index in [2.05, 4.69) is 4.90 Å². The van der Waals surface area contributed by atoms with Crippen LogP contribution < -0.4 is 0 Å². The largest absolute Gasteiger partial charge is 0.459 e. The van der Waals surface area contributed by atoms with Gasteiger partial charge >= 0.3 is 5.97 Å². The maximum absolute atomic E-state index is 11.7. The molecule has 18 heavy (non-hydrogen) atoms. The summed E-state index contributed by atoms with van der Waals surface area (Å²) in [5.74, 6) is -0.669. The number of hydrogen-bond acceptors (Lipinski definition) is 5. The molecule has 2 rings (SSSR count). The lowest BCUT2D eigenvalue weighted by Crippen LogP contribution is -2.33. The van der Waals surface area contributed by atoms with Gasteiger partial charge in [0.05, 0.1) is 6.61 Å². The van der Waals surface area contributed by atoms with Crippen LogP contribution >= 0.6 is 0 Å². The van der Waals surface area contributed by atoms with E-state index < -0.39 is 12.1 Å². The summed E-state index contributed by atoms with van der Waals surface area (Å²) in [4.78, 5) is 13.8. The summed E-state index contributed by atoms with van der Waals surface area (Å²) in [7, 11) is 0. The maximum Gasteiger partial charge on any atom is 0.335 e. The highest BCUT2D eigenvalue weighted by atomic mass is 16.6. The van der Waals surface area contributed by atoms with Gasteiger partial charge in [-0.3, -0.25) is 4.90 Å². The number of nitrogens with zero attached hydrogens (tertiary/aromatic N) is 1. The average Bonchev–Trinajstić information content (AvgIpc) is 2.86. The van der Waals surface area contributed by atoms with Crippen molar-refractivity contribution in [1.29, 1.82) is 0 Å². The first-order chi connectivity index (χ1) is 8.52. The molecule has 0 aromatic heterocycles. The minimum absolute atomic E-state index is 0.0659. The van der Waals surface area contributed by atoms with Crippen LogP contribution in [0.1, 0.15) is 20.3 Å². The van der Waals surface area contributed by atoms with Crippen molar-refractivity contribution in [2.45, 2.75) is 38.5 Å². The molecular formula is C13H21NO4. The second kappa shape index (κ2) is 5.38. The minimum Gasteiger partial charge on any atom is -0.459 e. The molecule has 3 unspecified atom stereocenters. The Hall–Kier alpha value is -0.910. The predicted octanol–water partition coefficient (Wildman–Crippen LogP) is -0.0783. The highest BCUT2D eigenvalue weighted by molar-refractivity contribution is 5.74. The SMILES string of the molecule is CC(C)C(O)C(=O)OC1CC2C(CO)=CCN2C1. The van der Waals surface area contributed by atoms with E-state index >= 15 is 0 Å². The molecule has 0 amide bonds. The van der Waals surface area contributed by atoms with Crippen LogP contribution in [0.15, 0.2) is 11.6 Å². The molecule has 2 N–H and O–H groups in total. The van der Waals surface area contributed by atoms with Crippen molar-refractivity contribution in [3.63, 3.8) is 0 Å². The Morgan fingerprint density at radius 2 is 2.33 bits per heavy atom. The fourth-order valence-corrected chi connectivity index (χ4v) is 2.58. The number of carbonyl (C=O) groups is 1. The normalized spacial score (nSPS) is 29.3. The smallest absolute Gasteiger partial charge is 0.335 e. The number of rotatable bonds is 4. The molecule has 3 atom stereocenters. The lowest BCUT2D eigenvalue weighted by Gasteiger charge is -2.17. The van der Waals surface area contributed by atoms with E-state index in [1.807, 2.05) is 6.08 Å². The van der Waals surface area contributed by atoms with Gasteiger partial charge in [-0.05, 0) is 11.5 Å². The molecule has 0 saturated carbocycles. The fraction of sp³-hybridized carbons (Fsp3) is 0.769. The van der Waals surface area contributed by atoms with Gasteiger partial charge in [-0.1, -0.05) is 19.9 Å². The summed E-state index contributed by atoms with van der Waals surface area (Å²) in [5.41, 5.74) is 1.01. The first-order valence-electron chi connectivity index (χ1n) is 6.45. The van der Waals surface area contributed by atoms with Crippen molar-refractivity contribution in [3.8, 4) is 0 Å². The fourth-order valence-electron chi connectivity index (χ4n) is 2.58. The lowest BCUT2D eigenvalue weighted by molar-refractivity contribution is -0.160. The van der Waals surface area contributed by atoms with Gasteiger partial charge in [0.1, 0.15) is 6.10 Å². The van der Waals surface area contributed by atoms with Crippen molar-refractivity contribution in [2.24, 2.45) is 5.92 Å². The van der Waals surface area contributed by atoms with Crippen LogP contribution in [0.25, 0.3) is 0 Å². The number of esters is 1. The van der Waals surface area contributed by atoms with E-state index in [0.29, 0.717) is 13.0 Å². The number of aliphatic hydroxyl groups is 2. The highest BCUT2D eigenvalue weighted by Gasteiger charge is 2.39. The van der Waals surface area contributed by atoms with E-state index in [-0.39, 0.29) is 24.7 Å². The third-order valence-electron chi connectivity index (χ3n) is 3.72. The molecule has 0 spiro atoms. The van der Waals surface area contributed by atoms with Crippen LogP contribution in [0, 0.1) is 5.92 Å². The van der Waals surface area contributed by atoms with Gasteiger partial charge in [0.15, 0.2) is 6.10 Å². The molecule has 5 heteroatoms. The monoisotopic (exact) mass is 255 g/mol. The van der Waals surface area contributed by atoms with Crippen LogP contribution in [0.3, 0.4) is 0 Å². The van der Waals surface area contributed by atoms with Crippen LogP contribution in [-0.4, -0.2) is 59.0 Å². The zero-order chi connectivity index (χ0) is 13.3. The van der Waals surface area contributed by atoms with E-state index in [1.54, 1.807) is 13.8 Å². The molecule has 5 nitrogen and oxygen atoms in total. The maximum atomic E-state index is 11.7. The molecule has 0 radical (unpaired) electrons. The summed E-state index contributed by atoms with van der Waals surface area (Å²) < 4.78 is 5.32. The molecule has 0 bridgehead atoms. The van der Waals surface area contributed by atoms with Crippen molar-refractivity contribution in [1.82, 2.24) is 4.90 Å². The van der Waals surface area contributed by atoms with Crippen LogP contribution in [0.4, 0.5) is 0 Å². The predicted molar refractivity (Wildman–Crippen MR) is 65.9 cm³/mol. The Kier molecular flexibility index (Phi) is 4.04. The zero-order valence-corrected chi connectivity index (χ0v) is 10.9. The number of aliphatic hydroxyl groups excluding tert-OH is 2. The van der Waals surface area contributed by atoms with E-state index in [4.69, 9.17) is 4.74 Å². The molecule has 1 fully saturated rings. The van der Waals surface area contributed by atoms with Gasteiger partial charge in [-0.15, -0.1) is 0 Å². The number of carbonyl (C=O) groups excluding carboxylic acids is 1. The third kappa shape index (κ3) is 2.58. The van der Waals surface area contributed by atoms with Crippen LogP contribution in [-0.2, 0) is 9.53 Å². The summed E-state index contributed by atoms with van der Waals surface area (Å²) in [6.45, 7) is 5.12. The first kappa shape index (κ1) is 13.5. The van der Waals surface area contributed by atoms with Crippen molar-refractivity contribution < 1.29 is 19.7 Å². The second-order valence-corrected chi connectivity index (χ2v) is 5.39. The third-order valence-corrected chi connectivity index (χ3v) is 3.72. The Bertz CT molecular complexity index is 353. The van der Waals surface area contributed by atoms with Gasteiger partial charge in [0.25, 0.3) is 0 Å². The number of ether oxygens (including phenoxy) is 1. The molecular weight excluding hydrogens is 234 g/mol. The minimum atomic E-state index is -1.05. The highest BCUT2D eigenvalue weighted by Crippen LogP contribution is 2.30. The second-order valence-electron chi connectivity index (χ2n) is 5.39. The molecule has 2 aliphatic rings. The quantitative estimate of drug-likeness (QED) is 0.543. The zero-order valence-electron chi connectivity index (χ0n) is 10.9. The van der Waals surface area contributed by atoms with Gasteiger partial charge in [0, 0.05) is 25.6 Å². The number of fused-ring (bicyclic) bond motifs is 1. The summed E-state index contributed by atoms with van der Waals surface area (Å²) >= 11 is 0. The lowest BCUT2D eigenvalue weighted by atomic mass is 10.1. The van der Waals surface area contributed by atoms with Gasteiger partial charge in [-0.2, -0.15) is 0 Å². The molecule has 0 aliphatic carbocycles. The average molecular weight is 255 g/mol. The van der Waals surface area contributed by atoms with Gasteiger partial charge < -0.3 is 14.9 Å². The summed E-state index contributed by atoms with van der Waals surface area (Å²) in [5, 5.41) is 18.8. The Balaban J connectivity index is 1.87. The standard InChI is InChI=1S/C13H21NO4/c1-8(2)12(16)13(17)18-10-5-11-9(7-15)3-4-14(11)6-10/h3,8,10-12,15-16H,4-7H2,1-2H3. The Morgan fingerprint density at radius 1 is 1.61 bits per heavy atom. The molecule has 0 aromatic carbocycles. The first-order valence-corrected chi connectivity index (χ1v) is 6.45. The van der Waals surface area contributed by atoms with Crippen molar-refractivity contribution in [3.05, 3.63) is 11.6 Å². The van der Waals surface area contributed by atoms with Crippen molar-refractivity contribution in [2.75, 3.05) is 19.7 Å². The number of hydrogen-bond donors (Lipinski definition) is 2. The van der Waals surface area contributed by atoms with E-state index in [1.165, 1.54) is 0 Å². The van der Waals surface area contributed by atoms with Gasteiger partial charge in [0.2, 0.25) is 0 Å². The Morgan fingerprint density at radius 3 is 2.94 bits per heavy atom. The van der Waals surface area contributed by atoms with E-state index in [0.717, 1.165) is 12.1 Å². The summed E-state index contributed by atoms with van der Waals surface area (Å²) in [6.07, 6.45) is 1.52. The van der Waals surface area contributed by atoms with Crippen LogP contribution in [0.2, 0.25) is 0 Å². The van der Waals surface area contributed by atoms with E-state index in [9.17, 15) is 15.0 Å². The molecule has 1 saturated heterocycles.